The van der Waals surface area contributed by atoms with Crippen LogP contribution in [-0.4, -0.2) is 10.2 Å². The van der Waals surface area contributed by atoms with E-state index in [4.69, 9.17) is 27.4 Å². The van der Waals surface area contributed by atoms with Gasteiger partial charge in [0, 0.05) is 23.8 Å². The highest BCUT2D eigenvalue weighted by Crippen LogP contribution is 2.34. The number of hydrogen-bond donors (Lipinski definition) is 4. The minimum Gasteiger partial charge on any atom is -0.506 e. The predicted octanol–water partition coefficient (Wildman–Crippen LogP) is 3.83. The molecule has 3 rings (SSSR count). The first-order valence-corrected chi connectivity index (χ1v) is 7.59. The molecule has 6 N–H and O–H groups in total. The lowest BCUT2D eigenvalue weighted by molar-refractivity contribution is 0.453. The molecular formula is C20H16N2O4. The molecule has 130 valence electrons. The molecule has 0 aliphatic carbocycles. The fraction of sp³-hybridized carbons (Fsp3) is 0. The molecule has 3 aromatic carbocycles. The number of nitrogen functional groups attached to an aromatic ring is 2. The van der Waals surface area contributed by atoms with Crippen LogP contribution in [0.15, 0.2) is 54.6 Å². The zero-order valence-electron chi connectivity index (χ0n) is 13.6. The second-order valence-corrected chi connectivity index (χ2v) is 5.48. The summed E-state index contributed by atoms with van der Waals surface area (Å²) < 4.78 is 11.5. The van der Waals surface area contributed by atoms with Crippen LogP contribution < -0.4 is 20.9 Å². The minimum atomic E-state index is -0.0244. The first-order chi connectivity index (χ1) is 12.4. The molecule has 0 aromatic heterocycles. The zero-order chi connectivity index (χ0) is 18.7. The normalized spacial score (nSPS) is 10.1. The van der Waals surface area contributed by atoms with Gasteiger partial charge in [-0.15, -0.1) is 6.42 Å². The predicted molar refractivity (Wildman–Crippen MR) is 99.6 cm³/mol. The quantitative estimate of drug-likeness (QED) is 0.324. The standard InChI is InChI=1S/C20H16N2O4/c1-2-12-7-15(25-13-3-5-19(23)17(21)10-13)9-16(8-12)26-14-4-6-20(24)18(22)11-14/h1,3-11,23-24H,21-22H2. The fourth-order valence-corrected chi connectivity index (χ4v) is 2.24. The Balaban J connectivity index is 1.89. The topological polar surface area (TPSA) is 111 Å². The van der Waals surface area contributed by atoms with Gasteiger partial charge in [0.05, 0.1) is 11.4 Å². The van der Waals surface area contributed by atoms with Gasteiger partial charge in [-0.25, -0.2) is 0 Å². The fourth-order valence-electron chi connectivity index (χ4n) is 2.24. The Kier molecular flexibility index (Phi) is 4.46. The number of terminal acetylenes is 1. The van der Waals surface area contributed by atoms with Gasteiger partial charge in [0.2, 0.25) is 0 Å². The van der Waals surface area contributed by atoms with Gasteiger partial charge in [0.15, 0.2) is 0 Å². The van der Waals surface area contributed by atoms with Gasteiger partial charge >= 0.3 is 0 Å². The van der Waals surface area contributed by atoms with Crippen LogP contribution in [0.4, 0.5) is 11.4 Å². The van der Waals surface area contributed by atoms with E-state index < -0.39 is 0 Å². The van der Waals surface area contributed by atoms with Crippen molar-refractivity contribution in [1.29, 1.82) is 0 Å². The second kappa shape index (κ2) is 6.87. The second-order valence-electron chi connectivity index (χ2n) is 5.48. The van der Waals surface area contributed by atoms with Gasteiger partial charge < -0.3 is 31.2 Å². The van der Waals surface area contributed by atoms with Crippen molar-refractivity contribution in [3.8, 4) is 46.8 Å². The molecule has 0 amide bonds. The zero-order valence-corrected chi connectivity index (χ0v) is 13.6. The third-order valence-corrected chi connectivity index (χ3v) is 3.52. The number of ether oxygens (including phenoxy) is 2. The van der Waals surface area contributed by atoms with Crippen LogP contribution in [0.25, 0.3) is 0 Å². The van der Waals surface area contributed by atoms with Crippen LogP contribution in [0.3, 0.4) is 0 Å². The molecule has 0 radical (unpaired) electrons. The van der Waals surface area contributed by atoms with Crippen molar-refractivity contribution in [1.82, 2.24) is 0 Å². The van der Waals surface area contributed by atoms with Crippen molar-refractivity contribution >= 4 is 11.4 Å². The number of rotatable bonds is 4. The lowest BCUT2D eigenvalue weighted by Crippen LogP contribution is -1.92. The first-order valence-electron chi connectivity index (χ1n) is 7.59. The molecule has 6 heteroatoms. The Labute approximate surface area is 150 Å². The summed E-state index contributed by atoms with van der Waals surface area (Å²) >= 11 is 0. The SMILES string of the molecule is C#Cc1cc(Oc2ccc(O)c(N)c2)cc(Oc2ccc(O)c(N)c2)c1. The van der Waals surface area contributed by atoms with Crippen LogP contribution in [0.5, 0.6) is 34.5 Å². The van der Waals surface area contributed by atoms with Gasteiger partial charge in [-0.3, -0.25) is 0 Å². The molecule has 0 fully saturated rings. The van der Waals surface area contributed by atoms with Gasteiger partial charge in [0.25, 0.3) is 0 Å². The van der Waals surface area contributed by atoms with Crippen LogP contribution >= 0.6 is 0 Å². The third kappa shape index (κ3) is 3.74. The summed E-state index contributed by atoms with van der Waals surface area (Å²) in [5.74, 6) is 4.24. The summed E-state index contributed by atoms with van der Waals surface area (Å²) in [6.07, 6.45) is 5.50. The maximum Gasteiger partial charge on any atom is 0.138 e. The lowest BCUT2D eigenvalue weighted by atomic mass is 10.2. The lowest BCUT2D eigenvalue weighted by Gasteiger charge is -2.11. The van der Waals surface area contributed by atoms with Crippen molar-refractivity contribution < 1.29 is 19.7 Å². The van der Waals surface area contributed by atoms with E-state index in [2.05, 4.69) is 5.92 Å². The Bertz CT molecular complexity index is 937. The molecule has 3 aromatic rings. The number of anilines is 2. The average molecular weight is 348 g/mol. The summed E-state index contributed by atoms with van der Waals surface area (Å²) in [6.45, 7) is 0. The molecule has 0 heterocycles. The molecule has 0 saturated heterocycles. The van der Waals surface area contributed by atoms with Gasteiger partial charge in [-0.1, -0.05) is 5.92 Å². The smallest absolute Gasteiger partial charge is 0.138 e. The summed E-state index contributed by atoms with van der Waals surface area (Å²) in [5, 5.41) is 19.0. The number of phenolic OH excluding ortho intramolecular Hbond substituents is 2. The van der Waals surface area contributed by atoms with Gasteiger partial charge in [-0.2, -0.15) is 0 Å². The number of nitrogens with two attached hydrogens (primary N) is 2. The number of phenols is 2. The maximum atomic E-state index is 9.49. The maximum absolute atomic E-state index is 9.49. The number of aromatic hydroxyl groups is 2. The minimum absolute atomic E-state index is 0.0244. The van der Waals surface area contributed by atoms with E-state index >= 15 is 0 Å². The largest absolute Gasteiger partial charge is 0.506 e. The molecular weight excluding hydrogens is 332 g/mol. The Morgan fingerprint density at radius 2 is 1.15 bits per heavy atom. The molecule has 26 heavy (non-hydrogen) atoms. The Morgan fingerprint density at radius 3 is 1.54 bits per heavy atom. The molecule has 0 spiro atoms. The summed E-state index contributed by atoms with van der Waals surface area (Å²) in [4.78, 5) is 0. The van der Waals surface area contributed by atoms with Crippen LogP contribution in [0, 0.1) is 12.3 Å². The van der Waals surface area contributed by atoms with E-state index in [0.717, 1.165) is 0 Å². The first kappa shape index (κ1) is 16.9. The Morgan fingerprint density at radius 1 is 0.692 bits per heavy atom. The average Bonchev–Trinajstić information content (AvgIpc) is 2.61. The molecule has 0 aliphatic rings. The van der Waals surface area contributed by atoms with E-state index in [9.17, 15) is 10.2 Å². The highest BCUT2D eigenvalue weighted by Gasteiger charge is 2.07. The van der Waals surface area contributed by atoms with Crippen molar-refractivity contribution in [2.24, 2.45) is 0 Å². The van der Waals surface area contributed by atoms with Crippen molar-refractivity contribution in [3.63, 3.8) is 0 Å². The van der Waals surface area contributed by atoms with Crippen LogP contribution in [0.2, 0.25) is 0 Å². The summed E-state index contributed by atoms with van der Waals surface area (Å²) in [7, 11) is 0. The third-order valence-electron chi connectivity index (χ3n) is 3.52. The molecule has 0 aliphatic heterocycles. The van der Waals surface area contributed by atoms with E-state index in [1.54, 1.807) is 30.3 Å². The van der Waals surface area contributed by atoms with Crippen LogP contribution in [0.1, 0.15) is 5.56 Å². The molecule has 0 atom stereocenters. The van der Waals surface area contributed by atoms with Crippen molar-refractivity contribution in [3.05, 3.63) is 60.2 Å². The molecule has 0 bridgehead atoms. The van der Waals surface area contributed by atoms with Crippen LogP contribution in [-0.2, 0) is 0 Å². The van der Waals surface area contributed by atoms with E-state index in [1.165, 1.54) is 24.3 Å². The summed E-state index contributed by atoms with van der Waals surface area (Å²) in [5.41, 5.74) is 12.3. The molecule has 0 unspecified atom stereocenters. The van der Waals surface area contributed by atoms with E-state index in [1.807, 2.05) is 0 Å². The van der Waals surface area contributed by atoms with E-state index in [0.29, 0.717) is 28.6 Å². The number of hydrogen-bond acceptors (Lipinski definition) is 6. The van der Waals surface area contributed by atoms with Crippen molar-refractivity contribution in [2.45, 2.75) is 0 Å². The summed E-state index contributed by atoms with van der Waals surface area (Å²) in [6, 6.07) is 14.0. The molecule has 6 nitrogen and oxygen atoms in total. The number of benzene rings is 3. The monoisotopic (exact) mass is 348 g/mol. The van der Waals surface area contributed by atoms with Gasteiger partial charge in [-0.05, 0) is 36.4 Å². The highest BCUT2D eigenvalue weighted by molar-refractivity contribution is 5.57. The van der Waals surface area contributed by atoms with Gasteiger partial charge in [0.1, 0.15) is 34.5 Å². The Hall–Kier alpha value is -3.98. The van der Waals surface area contributed by atoms with Crippen molar-refractivity contribution in [2.75, 3.05) is 11.5 Å². The van der Waals surface area contributed by atoms with E-state index in [-0.39, 0.29) is 22.9 Å². The highest BCUT2D eigenvalue weighted by atomic mass is 16.5. The molecule has 0 saturated carbocycles.